The molecule has 16 heavy (non-hydrogen) atoms. The average molecular weight is 233 g/mol. The Morgan fingerprint density at radius 1 is 1.44 bits per heavy atom. The number of aromatic amines is 1. The summed E-state index contributed by atoms with van der Waals surface area (Å²) in [5.74, 6) is 0.429. The second kappa shape index (κ2) is 4.40. The standard InChI is InChI=1S/C11H11N3OS/c1-7-13-6-10(14-7)16-9-5-3-2-4-8(9)11(12)15/h2-6H,1H3,(H2,12,15)(H,13,14). The molecule has 0 atom stereocenters. The largest absolute Gasteiger partial charge is 0.366 e. The molecule has 1 aromatic heterocycles. The molecule has 0 saturated heterocycles. The van der Waals surface area contributed by atoms with Crippen LogP contribution < -0.4 is 5.73 Å². The molecule has 82 valence electrons. The zero-order valence-corrected chi connectivity index (χ0v) is 9.54. The van der Waals surface area contributed by atoms with E-state index in [2.05, 4.69) is 9.97 Å². The Kier molecular flexibility index (Phi) is 2.96. The Hall–Kier alpha value is -1.75. The Bertz CT molecular complexity index is 521. The van der Waals surface area contributed by atoms with E-state index >= 15 is 0 Å². The third-order valence-electron chi connectivity index (χ3n) is 2.05. The van der Waals surface area contributed by atoms with Crippen molar-refractivity contribution in [3.63, 3.8) is 0 Å². The summed E-state index contributed by atoms with van der Waals surface area (Å²) < 4.78 is 0. The average Bonchev–Trinajstić information content (AvgIpc) is 2.64. The maximum absolute atomic E-state index is 11.2. The van der Waals surface area contributed by atoms with Gasteiger partial charge in [0.1, 0.15) is 5.82 Å². The molecule has 1 amide bonds. The van der Waals surface area contributed by atoms with Crippen LogP contribution in [-0.2, 0) is 0 Å². The summed E-state index contributed by atoms with van der Waals surface area (Å²) in [6, 6.07) is 7.25. The maximum Gasteiger partial charge on any atom is 0.249 e. The number of hydrogen-bond donors (Lipinski definition) is 2. The smallest absolute Gasteiger partial charge is 0.249 e. The van der Waals surface area contributed by atoms with Gasteiger partial charge in [-0.3, -0.25) is 4.79 Å². The number of benzene rings is 1. The van der Waals surface area contributed by atoms with E-state index in [4.69, 9.17) is 5.73 Å². The predicted octanol–water partition coefficient (Wildman–Crippen LogP) is 1.97. The van der Waals surface area contributed by atoms with Crippen molar-refractivity contribution in [1.29, 1.82) is 0 Å². The van der Waals surface area contributed by atoms with Gasteiger partial charge in [-0.05, 0) is 19.1 Å². The Labute approximate surface area is 97.3 Å². The van der Waals surface area contributed by atoms with Crippen molar-refractivity contribution in [1.82, 2.24) is 9.97 Å². The Balaban J connectivity index is 2.31. The van der Waals surface area contributed by atoms with Crippen LogP contribution >= 0.6 is 11.8 Å². The van der Waals surface area contributed by atoms with Gasteiger partial charge in [0.05, 0.1) is 16.8 Å². The molecule has 2 aromatic rings. The molecule has 0 saturated carbocycles. The third-order valence-corrected chi connectivity index (χ3v) is 3.06. The van der Waals surface area contributed by atoms with Gasteiger partial charge in [-0.1, -0.05) is 23.9 Å². The van der Waals surface area contributed by atoms with E-state index in [1.807, 2.05) is 19.1 Å². The van der Waals surface area contributed by atoms with Crippen LogP contribution in [0.15, 0.2) is 40.4 Å². The highest BCUT2D eigenvalue weighted by molar-refractivity contribution is 7.99. The van der Waals surface area contributed by atoms with E-state index in [-0.39, 0.29) is 0 Å². The fraction of sp³-hybridized carbons (Fsp3) is 0.0909. The van der Waals surface area contributed by atoms with Crippen LogP contribution in [-0.4, -0.2) is 15.9 Å². The molecule has 0 bridgehead atoms. The van der Waals surface area contributed by atoms with E-state index in [0.717, 1.165) is 15.7 Å². The fourth-order valence-corrected chi connectivity index (χ4v) is 2.29. The minimum atomic E-state index is -0.417. The van der Waals surface area contributed by atoms with Crippen molar-refractivity contribution >= 4 is 17.7 Å². The number of nitrogens with one attached hydrogen (secondary N) is 1. The first-order valence-electron chi connectivity index (χ1n) is 4.75. The third kappa shape index (κ3) is 2.25. The molecule has 1 aromatic carbocycles. The van der Waals surface area contributed by atoms with Crippen molar-refractivity contribution < 1.29 is 4.79 Å². The molecular weight excluding hydrogens is 222 g/mol. The molecule has 0 fully saturated rings. The van der Waals surface area contributed by atoms with Gasteiger partial charge in [-0.15, -0.1) is 0 Å². The number of hydrogen-bond acceptors (Lipinski definition) is 3. The van der Waals surface area contributed by atoms with Gasteiger partial charge in [0.2, 0.25) is 5.91 Å². The number of carbonyl (C=O) groups excluding carboxylic acids is 1. The van der Waals surface area contributed by atoms with Crippen molar-refractivity contribution in [3.8, 4) is 0 Å². The number of carbonyl (C=O) groups is 1. The van der Waals surface area contributed by atoms with Gasteiger partial charge in [0, 0.05) is 4.90 Å². The minimum Gasteiger partial charge on any atom is -0.366 e. The molecule has 2 rings (SSSR count). The normalized spacial score (nSPS) is 10.3. The lowest BCUT2D eigenvalue weighted by Crippen LogP contribution is -2.11. The maximum atomic E-state index is 11.2. The predicted molar refractivity (Wildman–Crippen MR) is 62.4 cm³/mol. The molecule has 1 heterocycles. The van der Waals surface area contributed by atoms with E-state index in [1.54, 1.807) is 18.3 Å². The van der Waals surface area contributed by atoms with Crippen LogP contribution in [0.2, 0.25) is 0 Å². The quantitative estimate of drug-likeness (QED) is 0.851. The van der Waals surface area contributed by atoms with Gasteiger partial charge >= 0.3 is 0 Å². The van der Waals surface area contributed by atoms with E-state index in [1.165, 1.54) is 11.8 Å². The highest BCUT2D eigenvalue weighted by Gasteiger charge is 2.09. The second-order valence-corrected chi connectivity index (χ2v) is 4.38. The lowest BCUT2D eigenvalue weighted by atomic mass is 10.2. The van der Waals surface area contributed by atoms with Crippen LogP contribution in [0.25, 0.3) is 0 Å². The summed E-state index contributed by atoms with van der Waals surface area (Å²) in [6.07, 6.45) is 1.73. The monoisotopic (exact) mass is 233 g/mol. The van der Waals surface area contributed by atoms with Crippen molar-refractivity contribution in [2.45, 2.75) is 16.8 Å². The number of nitrogens with zero attached hydrogens (tertiary/aromatic N) is 1. The zero-order valence-electron chi connectivity index (χ0n) is 8.73. The lowest BCUT2D eigenvalue weighted by Gasteiger charge is -2.03. The molecular formula is C11H11N3OS. The number of primary amides is 1. The number of aryl methyl sites for hydroxylation is 1. The van der Waals surface area contributed by atoms with E-state index in [0.29, 0.717) is 5.56 Å². The van der Waals surface area contributed by atoms with Gasteiger partial charge in [0.25, 0.3) is 0 Å². The molecule has 0 aliphatic carbocycles. The summed E-state index contributed by atoms with van der Waals surface area (Å²) in [6.45, 7) is 1.88. The van der Waals surface area contributed by atoms with E-state index < -0.39 is 5.91 Å². The van der Waals surface area contributed by atoms with Crippen LogP contribution in [0, 0.1) is 6.92 Å². The molecule has 0 radical (unpaired) electrons. The van der Waals surface area contributed by atoms with Crippen LogP contribution in [0.1, 0.15) is 16.2 Å². The Morgan fingerprint density at radius 3 is 2.81 bits per heavy atom. The summed E-state index contributed by atoms with van der Waals surface area (Å²) in [5, 5.41) is 0.895. The molecule has 0 unspecified atom stereocenters. The molecule has 5 heteroatoms. The molecule has 4 nitrogen and oxygen atoms in total. The van der Waals surface area contributed by atoms with Gasteiger partial charge < -0.3 is 10.7 Å². The Morgan fingerprint density at radius 2 is 2.19 bits per heavy atom. The van der Waals surface area contributed by atoms with Crippen LogP contribution in [0.3, 0.4) is 0 Å². The highest BCUT2D eigenvalue weighted by atomic mass is 32.2. The summed E-state index contributed by atoms with van der Waals surface area (Å²) in [7, 11) is 0. The molecule has 3 N–H and O–H groups in total. The fourth-order valence-electron chi connectivity index (χ4n) is 1.33. The van der Waals surface area contributed by atoms with E-state index in [9.17, 15) is 4.79 Å². The lowest BCUT2D eigenvalue weighted by molar-refractivity contribution is 0.0997. The first-order chi connectivity index (χ1) is 7.66. The van der Waals surface area contributed by atoms with Gasteiger partial charge in [-0.25, -0.2) is 4.98 Å². The number of imidazole rings is 1. The van der Waals surface area contributed by atoms with Crippen LogP contribution in [0.5, 0.6) is 0 Å². The van der Waals surface area contributed by atoms with Gasteiger partial charge in [-0.2, -0.15) is 0 Å². The summed E-state index contributed by atoms with van der Waals surface area (Å²) in [5.41, 5.74) is 5.82. The summed E-state index contributed by atoms with van der Waals surface area (Å²) >= 11 is 1.44. The topological polar surface area (TPSA) is 71.8 Å². The number of rotatable bonds is 3. The minimum absolute atomic E-state index is 0.417. The molecule has 0 aliphatic heterocycles. The number of amides is 1. The van der Waals surface area contributed by atoms with Crippen molar-refractivity contribution in [2.24, 2.45) is 5.73 Å². The number of aromatic nitrogens is 2. The first kappa shape index (κ1) is 10.8. The van der Waals surface area contributed by atoms with Crippen molar-refractivity contribution in [2.75, 3.05) is 0 Å². The second-order valence-electron chi connectivity index (χ2n) is 3.30. The number of H-pyrrole nitrogens is 1. The molecule has 0 spiro atoms. The van der Waals surface area contributed by atoms with Gasteiger partial charge in [0.15, 0.2) is 0 Å². The first-order valence-corrected chi connectivity index (χ1v) is 5.57. The zero-order chi connectivity index (χ0) is 11.5. The SMILES string of the molecule is Cc1ncc(Sc2ccccc2C(N)=O)[nH]1. The highest BCUT2D eigenvalue weighted by Crippen LogP contribution is 2.28. The number of nitrogens with two attached hydrogens (primary N) is 1. The van der Waals surface area contributed by atoms with Crippen LogP contribution in [0.4, 0.5) is 0 Å². The van der Waals surface area contributed by atoms with Crippen molar-refractivity contribution in [3.05, 3.63) is 41.9 Å². The molecule has 0 aliphatic rings. The summed E-state index contributed by atoms with van der Waals surface area (Å²) in [4.78, 5) is 19.2.